The van der Waals surface area contributed by atoms with Gasteiger partial charge in [-0.1, -0.05) is 6.07 Å². The molecular weight excluding hydrogens is 405 g/mol. The van der Waals surface area contributed by atoms with E-state index in [1.54, 1.807) is 18.2 Å². The molecule has 0 amide bonds. The molecule has 3 heterocycles. The van der Waals surface area contributed by atoms with Crippen LogP contribution in [0.25, 0.3) is 11.0 Å². The Bertz CT molecular complexity index is 1120. The van der Waals surface area contributed by atoms with Crippen LogP contribution >= 0.6 is 0 Å². The third-order valence-electron chi connectivity index (χ3n) is 5.50. The number of imidazole rings is 1. The van der Waals surface area contributed by atoms with Crippen LogP contribution in [0.4, 0.5) is 4.39 Å². The zero-order chi connectivity index (χ0) is 21.4. The number of rotatable bonds is 6. The van der Waals surface area contributed by atoms with Crippen molar-refractivity contribution in [3.05, 3.63) is 53.3 Å². The number of benzene rings is 2. The van der Waals surface area contributed by atoms with Gasteiger partial charge in [0.1, 0.15) is 24.7 Å². The molecule has 1 aromatic heterocycles. The van der Waals surface area contributed by atoms with E-state index in [4.69, 9.17) is 18.9 Å². The lowest BCUT2D eigenvalue weighted by molar-refractivity contribution is 0.00863. The number of H-pyrrole nitrogens is 1. The molecule has 2 atom stereocenters. The summed E-state index contributed by atoms with van der Waals surface area (Å²) in [5.74, 6) is 1.63. The number of alkyl halides is 1. The van der Waals surface area contributed by atoms with Gasteiger partial charge in [-0.25, -0.2) is 14.2 Å². The lowest BCUT2D eigenvalue weighted by Gasteiger charge is -2.16. The summed E-state index contributed by atoms with van der Waals surface area (Å²) < 4.78 is 35.9. The number of aromatic nitrogens is 2. The molecule has 0 aliphatic carbocycles. The van der Waals surface area contributed by atoms with Crippen LogP contribution in [0.1, 0.15) is 21.7 Å². The van der Waals surface area contributed by atoms with Crippen LogP contribution in [-0.2, 0) is 22.6 Å². The van der Waals surface area contributed by atoms with Crippen molar-refractivity contribution in [2.45, 2.75) is 25.4 Å². The Hall–Kier alpha value is -3.17. The summed E-state index contributed by atoms with van der Waals surface area (Å²) >= 11 is 0. The summed E-state index contributed by atoms with van der Waals surface area (Å²) in [5, 5.41) is 0. The van der Waals surface area contributed by atoms with Gasteiger partial charge in [-0.05, 0) is 35.9 Å². The maximum absolute atomic E-state index is 14.6. The predicted octanol–water partition coefficient (Wildman–Crippen LogP) is 2.82. The van der Waals surface area contributed by atoms with Gasteiger partial charge in [0, 0.05) is 19.6 Å². The average molecular weight is 427 g/mol. The molecule has 5 rings (SSSR count). The van der Waals surface area contributed by atoms with E-state index in [0.717, 1.165) is 17.1 Å². The number of carbonyl (C=O) groups is 1. The van der Waals surface area contributed by atoms with Gasteiger partial charge >= 0.3 is 5.97 Å². The van der Waals surface area contributed by atoms with Gasteiger partial charge < -0.3 is 23.9 Å². The number of ether oxygens (including phenoxy) is 4. The molecule has 1 N–H and O–H groups in total. The fourth-order valence-electron chi connectivity index (χ4n) is 3.95. The Morgan fingerprint density at radius 1 is 1.23 bits per heavy atom. The van der Waals surface area contributed by atoms with Crippen LogP contribution in [0, 0.1) is 0 Å². The highest BCUT2D eigenvalue weighted by Crippen LogP contribution is 2.33. The van der Waals surface area contributed by atoms with Crippen LogP contribution in [0.3, 0.4) is 0 Å². The minimum atomic E-state index is -1.08. The molecule has 0 spiro atoms. The van der Waals surface area contributed by atoms with E-state index < -0.39 is 18.2 Å². The van der Waals surface area contributed by atoms with Crippen LogP contribution in [0.5, 0.6) is 11.5 Å². The van der Waals surface area contributed by atoms with Gasteiger partial charge in [0.05, 0.1) is 23.7 Å². The second-order valence-corrected chi connectivity index (χ2v) is 7.65. The van der Waals surface area contributed by atoms with Crippen molar-refractivity contribution in [2.24, 2.45) is 0 Å². The molecule has 31 heavy (non-hydrogen) atoms. The maximum atomic E-state index is 14.6. The lowest BCUT2D eigenvalue weighted by Crippen LogP contribution is -2.24. The fourth-order valence-corrected chi connectivity index (χ4v) is 3.95. The molecule has 0 bridgehead atoms. The highest BCUT2D eigenvalue weighted by atomic mass is 19.1. The third-order valence-corrected chi connectivity index (χ3v) is 5.50. The monoisotopic (exact) mass is 427 g/mol. The fraction of sp³-hybridized carbons (Fsp3) is 0.364. The minimum absolute atomic E-state index is 0.158. The Morgan fingerprint density at radius 3 is 2.97 bits per heavy atom. The minimum Gasteiger partial charge on any atom is -0.465 e. The molecule has 1 saturated heterocycles. The van der Waals surface area contributed by atoms with E-state index in [9.17, 15) is 9.18 Å². The van der Waals surface area contributed by atoms with Crippen LogP contribution in [0.15, 0.2) is 36.4 Å². The first-order chi connectivity index (χ1) is 15.1. The molecular formula is C22H22FN3O5. The average Bonchev–Trinajstić information content (AvgIpc) is 3.48. The van der Waals surface area contributed by atoms with Crippen molar-refractivity contribution in [2.75, 3.05) is 27.0 Å². The molecule has 2 aliphatic rings. The first-order valence-corrected chi connectivity index (χ1v) is 10.0. The summed E-state index contributed by atoms with van der Waals surface area (Å²) in [6.45, 7) is 1.80. The lowest BCUT2D eigenvalue weighted by atomic mass is 10.2. The van der Waals surface area contributed by atoms with Gasteiger partial charge in [0.25, 0.3) is 0 Å². The Labute approximate surface area is 177 Å². The van der Waals surface area contributed by atoms with Crippen molar-refractivity contribution in [1.82, 2.24) is 14.9 Å². The summed E-state index contributed by atoms with van der Waals surface area (Å²) in [7, 11) is 1.34. The Morgan fingerprint density at radius 2 is 2.10 bits per heavy atom. The standard InChI is InChI=1S/C22H22FN3O5/c1-28-22(27)14-3-4-16-17(7-14)25-21(24-16)11-29-20-10-26(9-15(20)23)8-13-2-5-18-19(6-13)31-12-30-18/h2-7,15,20H,8-12H2,1H3,(H,24,25)/t15-,20+/m1/s1. The van der Waals surface area contributed by atoms with Crippen LogP contribution in [-0.4, -0.2) is 60.1 Å². The van der Waals surface area contributed by atoms with Gasteiger partial charge in [-0.15, -0.1) is 0 Å². The molecule has 9 heteroatoms. The number of nitrogens with zero attached hydrogens (tertiary/aromatic N) is 2. The van der Waals surface area contributed by atoms with E-state index in [1.807, 2.05) is 23.1 Å². The highest BCUT2D eigenvalue weighted by molar-refractivity contribution is 5.93. The van der Waals surface area contributed by atoms with Crippen molar-refractivity contribution in [1.29, 1.82) is 0 Å². The number of hydrogen-bond donors (Lipinski definition) is 1. The van der Waals surface area contributed by atoms with Crippen molar-refractivity contribution >= 4 is 17.0 Å². The zero-order valence-corrected chi connectivity index (χ0v) is 17.0. The Balaban J connectivity index is 1.19. The third kappa shape index (κ3) is 4.06. The first-order valence-electron chi connectivity index (χ1n) is 10.0. The molecule has 0 saturated carbocycles. The number of methoxy groups -OCH3 is 1. The number of esters is 1. The first kappa shape index (κ1) is 19.8. The molecule has 3 aromatic rings. The molecule has 2 aromatic carbocycles. The molecule has 8 nitrogen and oxygen atoms in total. The zero-order valence-electron chi connectivity index (χ0n) is 17.0. The number of halogens is 1. The van der Waals surface area contributed by atoms with Crippen LogP contribution in [0.2, 0.25) is 0 Å². The van der Waals surface area contributed by atoms with Crippen molar-refractivity contribution < 1.29 is 28.1 Å². The van der Waals surface area contributed by atoms with Gasteiger partial charge in [0.2, 0.25) is 6.79 Å². The van der Waals surface area contributed by atoms with Crippen molar-refractivity contribution in [3.8, 4) is 11.5 Å². The quantitative estimate of drug-likeness (QED) is 0.606. The predicted molar refractivity (Wildman–Crippen MR) is 109 cm³/mol. The number of likely N-dealkylation sites (tertiary alicyclic amines) is 1. The Kier molecular flexibility index (Phi) is 5.21. The van der Waals surface area contributed by atoms with E-state index in [2.05, 4.69) is 9.97 Å². The second kappa shape index (κ2) is 8.16. The van der Waals surface area contributed by atoms with Gasteiger partial charge in [-0.2, -0.15) is 0 Å². The summed E-state index contributed by atoms with van der Waals surface area (Å²) in [5.41, 5.74) is 2.88. The summed E-state index contributed by atoms with van der Waals surface area (Å²) in [6.07, 6.45) is -1.61. The number of fused-ring (bicyclic) bond motifs is 2. The number of hydrogen-bond acceptors (Lipinski definition) is 7. The number of aromatic amines is 1. The second-order valence-electron chi connectivity index (χ2n) is 7.65. The molecule has 0 radical (unpaired) electrons. The van der Waals surface area contributed by atoms with E-state index in [0.29, 0.717) is 42.1 Å². The highest BCUT2D eigenvalue weighted by Gasteiger charge is 2.34. The van der Waals surface area contributed by atoms with Gasteiger partial charge in [-0.3, -0.25) is 4.90 Å². The molecule has 2 aliphatic heterocycles. The van der Waals surface area contributed by atoms with Crippen molar-refractivity contribution in [3.63, 3.8) is 0 Å². The number of nitrogens with one attached hydrogen (secondary N) is 1. The SMILES string of the molecule is COC(=O)c1ccc2nc(CO[C@H]3CN(Cc4ccc5c(c4)OCO5)C[C@H]3F)[nH]c2c1. The molecule has 0 unspecified atom stereocenters. The summed E-state index contributed by atoms with van der Waals surface area (Å²) in [6, 6.07) is 10.8. The van der Waals surface area contributed by atoms with Gasteiger partial charge in [0.15, 0.2) is 11.5 Å². The van der Waals surface area contributed by atoms with E-state index in [-0.39, 0.29) is 13.4 Å². The topological polar surface area (TPSA) is 85.9 Å². The largest absolute Gasteiger partial charge is 0.465 e. The summed E-state index contributed by atoms with van der Waals surface area (Å²) in [4.78, 5) is 21.3. The normalized spacial score (nSPS) is 20.5. The molecule has 1 fully saturated rings. The number of carbonyl (C=O) groups excluding carboxylic acids is 1. The van der Waals surface area contributed by atoms with E-state index in [1.165, 1.54) is 7.11 Å². The molecule has 162 valence electrons. The smallest absolute Gasteiger partial charge is 0.337 e. The van der Waals surface area contributed by atoms with Crippen LogP contribution < -0.4 is 9.47 Å². The maximum Gasteiger partial charge on any atom is 0.337 e. The van der Waals surface area contributed by atoms with E-state index >= 15 is 0 Å².